The van der Waals surface area contributed by atoms with E-state index in [1.807, 2.05) is 24.3 Å². The molecule has 9 heteroatoms. The topological polar surface area (TPSA) is 80.7 Å². The van der Waals surface area contributed by atoms with Crippen molar-refractivity contribution in [3.63, 3.8) is 0 Å². The highest BCUT2D eigenvalue weighted by atomic mass is 32.2. The number of benzene rings is 1. The van der Waals surface area contributed by atoms with E-state index in [2.05, 4.69) is 15.3 Å². The second kappa shape index (κ2) is 7.69. The highest BCUT2D eigenvalue weighted by molar-refractivity contribution is 8.16. The molecule has 28 heavy (non-hydrogen) atoms. The van der Waals surface area contributed by atoms with E-state index >= 15 is 0 Å². The highest BCUT2D eigenvalue weighted by Gasteiger charge is 2.33. The van der Waals surface area contributed by atoms with Gasteiger partial charge < -0.3 is 24.0 Å². The summed E-state index contributed by atoms with van der Waals surface area (Å²) < 4.78 is 15.3. The number of ether oxygens (including phenoxy) is 3. The molecule has 1 aromatic rings. The molecule has 4 rings (SSSR count). The van der Waals surface area contributed by atoms with E-state index in [1.165, 1.54) is 14.2 Å². The van der Waals surface area contributed by atoms with Gasteiger partial charge in [0, 0.05) is 23.2 Å². The van der Waals surface area contributed by atoms with Gasteiger partial charge in [-0.25, -0.2) is 9.59 Å². The van der Waals surface area contributed by atoms with Crippen molar-refractivity contribution in [2.24, 2.45) is 4.99 Å². The third-order valence-electron chi connectivity index (χ3n) is 4.66. The van der Waals surface area contributed by atoms with Crippen molar-refractivity contribution in [1.29, 1.82) is 0 Å². The maximum absolute atomic E-state index is 12.4. The molecule has 0 amide bonds. The standard InChI is InChI=1S/C19H19N3O5S/c1-25-17(23)14-9-27-11-22(16(14)18(24)26-2)13-5-3-4-12(8-13)15-10-28-19-20-6-7-21(15)19/h3-5,8,10H,6-7,9,11H2,1-2H3. The van der Waals surface area contributed by atoms with Gasteiger partial charge in [0.25, 0.3) is 0 Å². The van der Waals surface area contributed by atoms with E-state index < -0.39 is 11.9 Å². The summed E-state index contributed by atoms with van der Waals surface area (Å²) in [5, 5.41) is 3.07. The van der Waals surface area contributed by atoms with Gasteiger partial charge in [0.05, 0.1) is 38.6 Å². The Labute approximate surface area is 166 Å². The summed E-state index contributed by atoms with van der Waals surface area (Å²) in [6.45, 7) is 1.75. The lowest BCUT2D eigenvalue weighted by Crippen LogP contribution is -2.38. The molecular weight excluding hydrogens is 382 g/mol. The van der Waals surface area contributed by atoms with Crippen LogP contribution in [0, 0.1) is 0 Å². The van der Waals surface area contributed by atoms with Crippen LogP contribution in [0.4, 0.5) is 5.69 Å². The zero-order valence-electron chi connectivity index (χ0n) is 15.5. The summed E-state index contributed by atoms with van der Waals surface area (Å²) in [4.78, 5) is 32.9. The number of rotatable bonds is 4. The first kappa shape index (κ1) is 18.6. The normalized spacial score (nSPS) is 18.6. The first-order chi connectivity index (χ1) is 13.6. The van der Waals surface area contributed by atoms with Crippen molar-refractivity contribution in [2.45, 2.75) is 0 Å². The van der Waals surface area contributed by atoms with Crippen LogP contribution in [0.5, 0.6) is 0 Å². The van der Waals surface area contributed by atoms with E-state index in [-0.39, 0.29) is 24.6 Å². The SMILES string of the molecule is COC(=O)C1=C(C(=O)OC)N(c2cccc(C3=CSC4=NCCN34)c2)COC1. The third-order valence-corrected chi connectivity index (χ3v) is 5.56. The van der Waals surface area contributed by atoms with Gasteiger partial charge in [-0.05, 0) is 12.1 Å². The van der Waals surface area contributed by atoms with Crippen LogP contribution in [0.1, 0.15) is 5.56 Å². The number of esters is 2. The Bertz CT molecular complexity index is 924. The number of nitrogens with zero attached hydrogens (tertiary/aromatic N) is 3. The minimum atomic E-state index is -0.617. The van der Waals surface area contributed by atoms with Crippen LogP contribution in [0.15, 0.2) is 45.9 Å². The molecule has 0 aromatic heterocycles. The Balaban J connectivity index is 1.72. The number of carbonyl (C=O) groups is 2. The Morgan fingerprint density at radius 3 is 2.79 bits per heavy atom. The lowest BCUT2D eigenvalue weighted by Gasteiger charge is -2.31. The largest absolute Gasteiger partial charge is 0.466 e. The Kier molecular flexibility index (Phi) is 5.10. The second-order valence-electron chi connectivity index (χ2n) is 6.20. The molecule has 1 aromatic carbocycles. The molecule has 3 aliphatic rings. The lowest BCUT2D eigenvalue weighted by atomic mass is 10.1. The molecule has 146 valence electrons. The van der Waals surface area contributed by atoms with Crippen LogP contribution in [-0.4, -0.2) is 62.7 Å². The number of carbonyl (C=O) groups excluding carboxylic acids is 2. The molecule has 0 saturated heterocycles. The maximum atomic E-state index is 12.4. The van der Waals surface area contributed by atoms with E-state index in [4.69, 9.17) is 14.2 Å². The van der Waals surface area contributed by atoms with Crippen molar-refractivity contribution < 1.29 is 23.8 Å². The molecule has 0 aliphatic carbocycles. The molecule has 0 atom stereocenters. The fourth-order valence-electron chi connectivity index (χ4n) is 3.33. The molecule has 0 fully saturated rings. The molecule has 3 heterocycles. The lowest BCUT2D eigenvalue weighted by molar-refractivity contribution is -0.140. The van der Waals surface area contributed by atoms with Gasteiger partial charge in [-0.15, -0.1) is 0 Å². The zero-order chi connectivity index (χ0) is 19.7. The minimum absolute atomic E-state index is 0.0112. The molecule has 0 saturated carbocycles. The molecule has 0 bridgehead atoms. The van der Waals surface area contributed by atoms with Gasteiger partial charge in [0.2, 0.25) is 0 Å². The van der Waals surface area contributed by atoms with Gasteiger partial charge in [-0.2, -0.15) is 0 Å². The summed E-state index contributed by atoms with van der Waals surface area (Å²) in [7, 11) is 2.55. The number of hydrogen-bond donors (Lipinski definition) is 0. The Morgan fingerprint density at radius 1 is 1.18 bits per heavy atom. The van der Waals surface area contributed by atoms with E-state index in [0.717, 1.165) is 35.2 Å². The summed E-state index contributed by atoms with van der Waals surface area (Å²) >= 11 is 1.60. The van der Waals surface area contributed by atoms with Gasteiger partial charge in [0.15, 0.2) is 5.17 Å². The molecule has 8 nitrogen and oxygen atoms in total. The molecule has 3 aliphatic heterocycles. The van der Waals surface area contributed by atoms with Crippen molar-refractivity contribution in [3.05, 3.63) is 46.5 Å². The zero-order valence-corrected chi connectivity index (χ0v) is 16.3. The summed E-state index contributed by atoms with van der Waals surface area (Å²) in [6.07, 6.45) is 0. The van der Waals surface area contributed by atoms with Crippen LogP contribution in [-0.2, 0) is 23.8 Å². The highest BCUT2D eigenvalue weighted by Crippen LogP contribution is 2.37. The fourth-order valence-corrected chi connectivity index (χ4v) is 4.29. The average Bonchev–Trinajstić information content (AvgIpc) is 3.36. The van der Waals surface area contributed by atoms with Gasteiger partial charge >= 0.3 is 11.9 Å². The number of fused-ring (bicyclic) bond motifs is 1. The van der Waals surface area contributed by atoms with Crippen LogP contribution >= 0.6 is 11.8 Å². The quantitative estimate of drug-likeness (QED) is 0.707. The molecule has 0 spiro atoms. The monoisotopic (exact) mass is 401 g/mol. The number of aliphatic imine (C=N–C) groups is 1. The van der Waals surface area contributed by atoms with Gasteiger partial charge in [-0.3, -0.25) is 4.99 Å². The molecule has 0 unspecified atom stereocenters. The van der Waals surface area contributed by atoms with Crippen LogP contribution in [0.25, 0.3) is 5.70 Å². The Morgan fingerprint density at radius 2 is 2.00 bits per heavy atom. The first-order valence-electron chi connectivity index (χ1n) is 8.68. The van der Waals surface area contributed by atoms with Gasteiger partial charge in [0.1, 0.15) is 12.4 Å². The van der Waals surface area contributed by atoms with Crippen molar-refractivity contribution in [2.75, 3.05) is 45.5 Å². The van der Waals surface area contributed by atoms with E-state index in [0.29, 0.717) is 0 Å². The van der Waals surface area contributed by atoms with Crippen molar-refractivity contribution >= 4 is 40.3 Å². The van der Waals surface area contributed by atoms with Crippen molar-refractivity contribution in [3.8, 4) is 0 Å². The van der Waals surface area contributed by atoms with Crippen LogP contribution in [0.2, 0.25) is 0 Å². The summed E-state index contributed by atoms with van der Waals surface area (Å²) in [5.41, 5.74) is 3.05. The number of methoxy groups -OCH3 is 2. The second-order valence-corrected chi connectivity index (χ2v) is 7.04. The number of amidine groups is 1. The number of thioether (sulfide) groups is 1. The summed E-state index contributed by atoms with van der Waals surface area (Å²) in [6, 6.07) is 7.73. The molecular formula is C19H19N3O5S. The maximum Gasteiger partial charge on any atom is 0.355 e. The van der Waals surface area contributed by atoms with Crippen LogP contribution in [0.3, 0.4) is 0 Å². The number of hydrogen-bond acceptors (Lipinski definition) is 9. The molecule has 0 radical (unpaired) electrons. The van der Waals surface area contributed by atoms with E-state index in [9.17, 15) is 9.59 Å². The van der Waals surface area contributed by atoms with Gasteiger partial charge in [-0.1, -0.05) is 23.9 Å². The Hall–Kier alpha value is -2.78. The van der Waals surface area contributed by atoms with E-state index in [1.54, 1.807) is 16.7 Å². The minimum Gasteiger partial charge on any atom is -0.466 e. The molecule has 0 N–H and O–H groups in total. The summed E-state index contributed by atoms with van der Waals surface area (Å²) in [5.74, 6) is -1.23. The predicted octanol–water partition coefficient (Wildman–Crippen LogP) is 1.80. The predicted molar refractivity (Wildman–Crippen MR) is 105 cm³/mol. The third kappa shape index (κ3) is 3.16. The first-order valence-corrected chi connectivity index (χ1v) is 9.56. The average molecular weight is 401 g/mol. The van der Waals surface area contributed by atoms with Crippen molar-refractivity contribution in [1.82, 2.24) is 4.90 Å². The smallest absolute Gasteiger partial charge is 0.355 e. The van der Waals surface area contributed by atoms with Crippen LogP contribution < -0.4 is 4.90 Å². The number of anilines is 1. The fraction of sp³-hybridized carbons (Fsp3) is 0.316.